The Morgan fingerprint density at radius 2 is 1.40 bits per heavy atom. The molecule has 1 atom stereocenters. The molecule has 0 saturated heterocycles. The molecule has 0 aromatic carbocycles. The van der Waals surface area contributed by atoms with Gasteiger partial charge < -0.3 is 5.11 Å². The zero-order chi connectivity index (χ0) is 15.1. The summed E-state index contributed by atoms with van der Waals surface area (Å²) < 4.78 is 0. The van der Waals surface area contributed by atoms with Gasteiger partial charge in [-0.2, -0.15) is 0 Å². The molecule has 0 amide bonds. The third kappa shape index (κ3) is 13.6. The van der Waals surface area contributed by atoms with Gasteiger partial charge in [-0.1, -0.05) is 70.9 Å². The minimum absolute atomic E-state index is 0.188. The van der Waals surface area contributed by atoms with Crippen LogP contribution in [0.25, 0.3) is 0 Å². The number of carboxylic acid groups (broad SMARTS) is 1. The van der Waals surface area contributed by atoms with Crippen molar-refractivity contribution in [1.29, 1.82) is 0 Å². The maximum absolute atomic E-state index is 10.6. The molecule has 0 heterocycles. The average molecular weight is 282 g/mol. The lowest BCUT2D eigenvalue weighted by Gasteiger charge is -2.03. The van der Waals surface area contributed by atoms with Gasteiger partial charge in [0.2, 0.25) is 0 Å². The molecule has 1 unspecified atom stereocenters. The lowest BCUT2D eigenvalue weighted by atomic mass is 10.0. The highest BCUT2D eigenvalue weighted by molar-refractivity contribution is 5.69. The molecular formula is C18H34O2. The minimum atomic E-state index is -0.667. The van der Waals surface area contributed by atoms with Gasteiger partial charge in [-0.15, -0.1) is 0 Å². The van der Waals surface area contributed by atoms with E-state index in [4.69, 9.17) is 5.11 Å². The molecule has 0 saturated carbocycles. The van der Waals surface area contributed by atoms with Gasteiger partial charge in [0.25, 0.3) is 0 Å². The number of allylic oxidation sites excluding steroid dienone is 2. The predicted molar refractivity (Wildman–Crippen MR) is 87.0 cm³/mol. The molecule has 0 aromatic rings. The summed E-state index contributed by atoms with van der Waals surface area (Å²) in [4.78, 5) is 10.6. The number of unbranched alkanes of at least 4 members (excludes halogenated alkanes) is 9. The van der Waals surface area contributed by atoms with Crippen molar-refractivity contribution in [1.82, 2.24) is 0 Å². The van der Waals surface area contributed by atoms with Gasteiger partial charge in [0.05, 0.1) is 5.92 Å². The fourth-order valence-electron chi connectivity index (χ4n) is 2.29. The first kappa shape index (κ1) is 19.2. The van der Waals surface area contributed by atoms with Crippen LogP contribution < -0.4 is 0 Å². The Morgan fingerprint density at radius 1 is 0.900 bits per heavy atom. The van der Waals surface area contributed by atoms with Crippen LogP contribution in [0.4, 0.5) is 0 Å². The largest absolute Gasteiger partial charge is 0.481 e. The van der Waals surface area contributed by atoms with Crippen molar-refractivity contribution in [2.24, 2.45) is 5.92 Å². The number of hydrogen-bond acceptors (Lipinski definition) is 1. The first-order valence-corrected chi connectivity index (χ1v) is 8.56. The van der Waals surface area contributed by atoms with E-state index >= 15 is 0 Å². The Hall–Kier alpha value is -0.790. The highest BCUT2D eigenvalue weighted by atomic mass is 16.4. The molecule has 20 heavy (non-hydrogen) atoms. The van der Waals surface area contributed by atoms with Gasteiger partial charge in [0.15, 0.2) is 0 Å². The van der Waals surface area contributed by atoms with E-state index in [1.54, 1.807) is 6.92 Å². The van der Waals surface area contributed by atoms with Crippen LogP contribution in [-0.2, 0) is 4.79 Å². The fraction of sp³-hybridized carbons (Fsp3) is 0.833. The monoisotopic (exact) mass is 282 g/mol. The maximum atomic E-state index is 10.6. The molecule has 2 nitrogen and oxygen atoms in total. The van der Waals surface area contributed by atoms with Crippen LogP contribution in [0.15, 0.2) is 12.2 Å². The molecule has 0 spiro atoms. The van der Waals surface area contributed by atoms with E-state index in [9.17, 15) is 4.79 Å². The first-order valence-electron chi connectivity index (χ1n) is 8.56. The number of hydrogen-bond donors (Lipinski definition) is 1. The molecule has 0 aromatic heterocycles. The van der Waals surface area contributed by atoms with Crippen molar-refractivity contribution in [3.63, 3.8) is 0 Å². The third-order valence-electron chi connectivity index (χ3n) is 3.82. The van der Waals surface area contributed by atoms with Crippen molar-refractivity contribution >= 4 is 5.97 Å². The first-order chi connectivity index (χ1) is 9.68. The topological polar surface area (TPSA) is 37.3 Å². The third-order valence-corrected chi connectivity index (χ3v) is 3.82. The molecule has 0 aliphatic rings. The minimum Gasteiger partial charge on any atom is -0.481 e. The van der Waals surface area contributed by atoms with Gasteiger partial charge in [0.1, 0.15) is 0 Å². The second-order valence-corrected chi connectivity index (χ2v) is 5.91. The van der Waals surface area contributed by atoms with E-state index in [1.165, 1.54) is 51.4 Å². The molecule has 0 bridgehead atoms. The van der Waals surface area contributed by atoms with Gasteiger partial charge in [-0.05, 0) is 32.1 Å². The van der Waals surface area contributed by atoms with Crippen molar-refractivity contribution in [2.45, 2.75) is 90.9 Å². The number of carbonyl (C=O) groups is 1. The Morgan fingerprint density at radius 3 is 1.95 bits per heavy atom. The molecule has 0 rings (SSSR count). The summed E-state index contributed by atoms with van der Waals surface area (Å²) >= 11 is 0. The Bertz CT molecular complexity index is 246. The molecule has 1 N–H and O–H groups in total. The van der Waals surface area contributed by atoms with E-state index in [-0.39, 0.29) is 5.92 Å². The van der Waals surface area contributed by atoms with Gasteiger partial charge >= 0.3 is 5.97 Å². The summed E-state index contributed by atoms with van der Waals surface area (Å²) in [7, 11) is 0. The zero-order valence-electron chi connectivity index (χ0n) is 13.6. The van der Waals surface area contributed by atoms with Crippen LogP contribution in [-0.4, -0.2) is 11.1 Å². The number of rotatable bonds is 14. The van der Waals surface area contributed by atoms with Crippen molar-refractivity contribution in [2.75, 3.05) is 0 Å². The van der Waals surface area contributed by atoms with Gasteiger partial charge in [-0.25, -0.2) is 0 Å². The summed E-state index contributed by atoms with van der Waals surface area (Å²) in [6.07, 6.45) is 19.4. The molecule has 0 fully saturated rings. The zero-order valence-corrected chi connectivity index (χ0v) is 13.6. The smallest absolute Gasteiger partial charge is 0.306 e. The van der Waals surface area contributed by atoms with E-state index in [1.807, 2.05) is 0 Å². The Labute approximate surface area is 125 Å². The predicted octanol–water partition coefficient (Wildman–Crippen LogP) is 5.96. The Balaban J connectivity index is 3.18. The summed E-state index contributed by atoms with van der Waals surface area (Å²) in [5.41, 5.74) is 0. The van der Waals surface area contributed by atoms with Gasteiger partial charge in [0, 0.05) is 0 Å². The normalized spacial score (nSPS) is 12.9. The summed E-state index contributed by atoms with van der Waals surface area (Å²) in [5, 5.41) is 8.76. The maximum Gasteiger partial charge on any atom is 0.306 e. The highest BCUT2D eigenvalue weighted by Gasteiger charge is 2.08. The second kappa shape index (κ2) is 14.6. The average Bonchev–Trinajstić information content (AvgIpc) is 2.43. The SMILES string of the molecule is CCCCCCCCC/C=C/CCCCC(C)C(=O)O. The molecule has 0 aliphatic heterocycles. The van der Waals surface area contributed by atoms with Crippen LogP contribution in [0.3, 0.4) is 0 Å². The summed E-state index contributed by atoms with van der Waals surface area (Å²) in [6.45, 7) is 4.05. The lowest BCUT2D eigenvalue weighted by Crippen LogP contribution is -2.08. The van der Waals surface area contributed by atoms with E-state index in [2.05, 4.69) is 19.1 Å². The van der Waals surface area contributed by atoms with Crippen molar-refractivity contribution in [3.8, 4) is 0 Å². The van der Waals surface area contributed by atoms with Gasteiger partial charge in [-0.3, -0.25) is 4.79 Å². The molecule has 0 aliphatic carbocycles. The van der Waals surface area contributed by atoms with Crippen LogP contribution in [0.2, 0.25) is 0 Å². The van der Waals surface area contributed by atoms with E-state index in [0.717, 1.165) is 25.7 Å². The molecule has 2 heteroatoms. The summed E-state index contributed by atoms with van der Waals surface area (Å²) in [6, 6.07) is 0. The highest BCUT2D eigenvalue weighted by Crippen LogP contribution is 2.11. The lowest BCUT2D eigenvalue weighted by molar-refractivity contribution is -0.141. The number of carboxylic acids is 1. The standard InChI is InChI=1S/C18H34O2/c1-3-4-5-6-7-8-9-10-11-12-13-14-15-16-17(2)18(19)20/h11-12,17H,3-10,13-16H2,1-2H3,(H,19,20)/b12-11+. The van der Waals surface area contributed by atoms with Crippen molar-refractivity contribution in [3.05, 3.63) is 12.2 Å². The number of aliphatic carboxylic acids is 1. The molecular weight excluding hydrogens is 248 g/mol. The molecule has 118 valence electrons. The van der Waals surface area contributed by atoms with Crippen LogP contribution in [0, 0.1) is 5.92 Å². The van der Waals surface area contributed by atoms with Crippen molar-refractivity contribution < 1.29 is 9.90 Å². The molecule has 0 radical (unpaired) electrons. The fourth-order valence-corrected chi connectivity index (χ4v) is 2.29. The van der Waals surface area contributed by atoms with E-state index < -0.39 is 5.97 Å². The second-order valence-electron chi connectivity index (χ2n) is 5.91. The van der Waals surface area contributed by atoms with Crippen LogP contribution >= 0.6 is 0 Å². The van der Waals surface area contributed by atoms with Crippen LogP contribution in [0.1, 0.15) is 90.9 Å². The van der Waals surface area contributed by atoms with Crippen LogP contribution in [0.5, 0.6) is 0 Å². The quantitative estimate of drug-likeness (QED) is 0.315. The van der Waals surface area contributed by atoms with E-state index in [0.29, 0.717) is 0 Å². The Kier molecular flexibility index (Phi) is 14.0. The summed E-state index contributed by atoms with van der Waals surface area (Å²) in [5.74, 6) is -0.855.